The lowest BCUT2D eigenvalue weighted by molar-refractivity contribution is -0.123. The number of amidine groups is 1. The van der Waals surface area contributed by atoms with Gasteiger partial charge in [0.25, 0.3) is 0 Å². The van der Waals surface area contributed by atoms with Crippen molar-refractivity contribution in [1.82, 2.24) is 5.32 Å². The van der Waals surface area contributed by atoms with Crippen LogP contribution in [-0.2, 0) is 4.79 Å². The number of oxime groups is 1. The minimum atomic E-state index is -0.503. The Morgan fingerprint density at radius 3 is 3.00 bits per heavy atom. The number of carbonyl (C=O) groups is 1. The summed E-state index contributed by atoms with van der Waals surface area (Å²) in [6.45, 7) is 2.65. The maximum atomic E-state index is 11.9. The van der Waals surface area contributed by atoms with E-state index in [0.29, 0.717) is 18.2 Å². The summed E-state index contributed by atoms with van der Waals surface area (Å²) < 4.78 is 0. The van der Waals surface area contributed by atoms with Crippen molar-refractivity contribution < 1.29 is 10.0 Å². The predicted octanol–water partition coefficient (Wildman–Crippen LogP) is 1.16. The number of nitrogens with zero attached hydrogens (tertiary/aromatic N) is 1. The van der Waals surface area contributed by atoms with Crippen molar-refractivity contribution in [1.29, 1.82) is 0 Å². The molecule has 0 aromatic heterocycles. The highest BCUT2D eigenvalue weighted by Crippen LogP contribution is 2.25. The molecule has 1 fully saturated rings. The summed E-state index contributed by atoms with van der Waals surface area (Å²) in [5, 5.41) is 15.0. The first kappa shape index (κ1) is 14.2. The monoisotopic (exact) mass is 259 g/mol. The van der Waals surface area contributed by atoms with Crippen LogP contribution in [-0.4, -0.2) is 34.5 Å². The average Bonchev–Trinajstić information content (AvgIpc) is 2.85. The molecule has 1 rings (SSSR count). The first-order valence-electron chi connectivity index (χ1n) is 6.05. The van der Waals surface area contributed by atoms with Gasteiger partial charge in [-0.1, -0.05) is 18.5 Å². The number of amides is 1. The van der Waals surface area contributed by atoms with E-state index in [0.717, 1.165) is 12.8 Å². The molecule has 0 aliphatic carbocycles. The summed E-state index contributed by atoms with van der Waals surface area (Å²) in [6.07, 6.45) is 3.82. The highest BCUT2D eigenvalue weighted by Gasteiger charge is 2.23. The maximum Gasteiger partial charge on any atom is 0.230 e. The molecule has 1 heterocycles. The summed E-state index contributed by atoms with van der Waals surface area (Å²) in [5.74, 6) is 0.550. The van der Waals surface area contributed by atoms with Gasteiger partial charge in [-0.2, -0.15) is 11.8 Å². The van der Waals surface area contributed by atoms with E-state index < -0.39 is 5.92 Å². The second kappa shape index (κ2) is 7.42. The normalized spacial score (nSPS) is 22.4. The van der Waals surface area contributed by atoms with Crippen LogP contribution < -0.4 is 11.1 Å². The van der Waals surface area contributed by atoms with Crippen LogP contribution in [0.1, 0.15) is 32.6 Å². The first-order valence-corrected chi connectivity index (χ1v) is 7.10. The Bertz CT molecular complexity index is 278. The summed E-state index contributed by atoms with van der Waals surface area (Å²) >= 11 is 1.90. The third-order valence-corrected chi connectivity index (χ3v) is 4.29. The Morgan fingerprint density at radius 2 is 2.47 bits per heavy atom. The Hall–Kier alpha value is -0.910. The average molecular weight is 259 g/mol. The number of nitrogens with one attached hydrogen (secondary N) is 1. The predicted molar refractivity (Wildman–Crippen MR) is 70.3 cm³/mol. The van der Waals surface area contributed by atoms with Gasteiger partial charge in [-0.3, -0.25) is 4.79 Å². The second-order valence-corrected chi connectivity index (χ2v) is 5.65. The van der Waals surface area contributed by atoms with Crippen molar-refractivity contribution in [3.63, 3.8) is 0 Å². The molecular formula is C11H21N3O2S. The third kappa shape index (κ3) is 4.46. The standard InChI is InChI=1S/C11H21N3O2S/c1-2-4-9(10(12)14-16)11(15)13-7-8-5-3-6-17-8/h8-9,16H,2-7H2,1H3,(H2,12,14)(H,13,15). The van der Waals surface area contributed by atoms with Gasteiger partial charge >= 0.3 is 0 Å². The van der Waals surface area contributed by atoms with Crippen LogP contribution in [0, 0.1) is 5.92 Å². The van der Waals surface area contributed by atoms with E-state index in [4.69, 9.17) is 10.9 Å². The lowest BCUT2D eigenvalue weighted by Gasteiger charge is -2.16. The smallest absolute Gasteiger partial charge is 0.230 e. The highest BCUT2D eigenvalue weighted by atomic mass is 32.2. The van der Waals surface area contributed by atoms with E-state index in [9.17, 15) is 4.79 Å². The molecule has 17 heavy (non-hydrogen) atoms. The molecule has 2 unspecified atom stereocenters. The van der Waals surface area contributed by atoms with Crippen molar-refractivity contribution in [2.24, 2.45) is 16.8 Å². The van der Waals surface area contributed by atoms with Crippen LogP contribution in [0.5, 0.6) is 0 Å². The molecule has 1 amide bonds. The molecule has 0 aromatic rings. The van der Waals surface area contributed by atoms with E-state index >= 15 is 0 Å². The summed E-state index contributed by atoms with van der Waals surface area (Å²) in [7, 11) is 0. The third-order valence-electron chi connectivity index (χ3n) is 2.89. The highest BCUT2D eigenvalue weighted by molar-refractivity contribution is 8.00. The van der Waals surface area contributed by atoms with E-state index in [1.54, 1.807) is 0 Å². The van der Waals surface area contributed by atoms with Crippen molar-refractivity contribution in [2.45, 2.75) is 37.9 Å². The van der Waals surface area contributed by atoms with E-state index in [2.05, 4.69) is 10.5 Å². The zero-order valence-corrected chi connectivity index (χ0v) is 11.0. The van der Waals surface area contributed by atoms with E-state index in [1.807, 2.05) is 18.7 Å². The van der Waals surface area contributed by atoms with E-state index in [-0.39, 0.29) is 11.7 Å². The molecule has 4 N–H and O–H groups in total. The van der Waals surface area contributed by atoms with Gasteiger partial charge in [-0.05, 0) is 25.0 Å². The zero-order valence-electron chi connectivity index (χ0n) is 10.2. The molecule has 0 bridgehead atoms. The fourth-order valence-corrected chi connectivity index (χ4v) is 3.12. The molecule has 1 aliphatic heterocycles. The summed E-state index contributed by atoms with van der Waals surface area (Å²) in [4.78, 5) is 11.9. The number of hydrogen-bond donors (Lipinski definition) is 3. The molecule has 0 spiro atoms. The van der Waals surface area contributed by atoms with Crippen LogP contribution in [0.4, 0.5) is 0 Å². The van der Waals surface area contributed by atoms with Crippen LogP contribution in [0.15, 0.2) is 5.16 Å². The first-order chi connectivity index (χ1) is 8.19. The Kier molecular flexibility index (Phi) is 6.18. The van der Waals surface area contributed by atoms with Gasteiger partial charge in [-0.25, -0.2) is 0 Å². The second-order valence-electron chi connectivity index (χ2n) is 4.25. The quantitative estimate of drug-likeness (QED) is 0.289. The van der Waals surface area contributed by atoms with Gasteiger partial charge < -0.3 is 16.3 Å². The molecule has 2 atom stereocenters. The molecule has 1 saturated heterocycles. The molecular weight excluding hydrogens is 238 g/mol. The largest absolute Gasteiger partial charge is 0.409 e. The van der Waals surface area contributed by atoms with Gasteiger partial charge in [0, 0.05) is 11.8 Å². The molecule has 0 radical (unpaired) electrons. The topological polar surface area (TPSA) is 87.7 Å². The minimum Gasteiger partial charge on any atom is -0.409 e. The molecule has 6 heteroatoms. The summed E-state index contributed by atoms with van der Waals surface area (Å²) in [5.41, 5.74) is 5.52. The Balaban J connectivity index is 2.41. The van der Waals surface area contributed by atoms with Gasteiger partial charge in [0.2, 0.25) is 5.91 Å². The Labute approximate surface area is 106 Å². The molecule has 1 aliphatic rings. The van der Waals surface area contributed by atoms with Crippen molar-refractivity contribution in [2.75, 3.05) is 12.3 Å². The molecule has 5 nitrogen and oxygen atoms in total. The minimum absolute atomic E-state index is 0.00317. The van der Waals surface area contributed by atoms with Gasteiger partial charge in [0.05, 0.1) is 5.92 Å². The number of rotatable bonds is 6. The van der Waals surface area contributed by atoms with E-state index in [1.165, 1.54) is 12.2 Å². The zero-order chi connectivity index (χ0) is 12.7. The lowest BCUT2D eigenvalue weighted by Crippen LogP contribution is -2.41. The van der Waals surface area contributed by atoms with Gasteiger partial charge in [0.1, 0.15) is 0 Å². The van der Waals surface area contributed by atoms with Crippen LogP contribution in [0.2, 0.25) is 0 Å². The van der Waals surface area contributed by atoms with Gasteiger partial charge in [-0.15, -0.1) is 0 Å². The Morgan fingerprint density at radius 1 is 1.71 bits per heavy atom. The lowest BCUT2D eigenvalue weighted by atomic mass is 10.0. The van der Waals surface area contributed by atoms with Crippen LogP contribution in [0.3, 0.4) is 0 Å². The van der Waals surface area contributed by atoms with Gasteiger partial charge in [0.15, 0.2) is 5.84 Å². The van der Waals surface area contributed by atoms with Crippen molar-refractivity contribution in [3.05, 3.63) is 0 Å². The van der Waals surface area contributed by atoms with Crippen LogP contribution in [0.25, 0.3) is 0 Å². The van der Waals surface area contributed by atoms with Crippen molar-refractivity contribution >= 4 is 23.5 Å². The number of thioether (sulfide) groups is 1. The molecule has 98 valence electrons. The maximum absolute atomic E-state index is 11.9. The molecule has 0 saturated carbocycles. The fourth-order valence-electron chi connectivity index (χ4n) is 1.91. The number of carbonyl (C=O) groups excluding carboxylic acids is 1. The van der Waals surface area contributed by atoms with Crippen LogP contribution >= 0.6 is 11.8 Å². The summed E-state index contributed by atoms with van der Waals surface area (Å²) in [6, 6.07) is 0. The molecule has 0 aromatic carbocycles. The van der Waals surface area contributed by atoms with Crippen molar-refractivity contribution in [3.8, 4) is 0 Å². The number of hydrogen-bond acceptors (Lipinski definition) is 4. The SMILES string of the molecule is CCCC(C(=O)NCC1CCCS1)C(N)=NO. The number of nitrogens with two attached hydrogens (primary N) is 1. The fraction of sp³-hybridized carbons (Fsp3) is 0.818.